The average Bonchev–Trinajstić information content (AvgIpc) is 2.52. The molecule has 0 aliphatic heterocycles. The number of hydrogen-bond donors (Lipinski definition) is 1. The Balaban J connectivity index is 2.74. The van der Waals surface area contributed by atoms with Gasteiger partial charge in [0.1, 0.15) is 5.75 Å². The van der Waals surface area contributed by atoms with Crippen molar-refractivity contribution in [3.05, 3.63) is 55.1 Å². The normalized spacial score (nSPS) is 9.57. The first-order valence-electron chi connectivity index (χ1n) is 6.57. The van der Waals surface area contributed by atoms with E-state index in [9.17, 15) is 9.59 Å². The summed E-state index contributed by atoms with van der Waals surface area (Å²) < 4.78 is 5.47. The first kappa shape index (κ1) is 16.5. The summed E-state index contributed by atoms with van der Waals surface area (Å²) in [5.74, 6) is -0.0732. The predicted molar refractivity (Wildman–Crippen MR) is 82.3 cm³/mol. The van der Waals surface area contributed by atoms with Crippen molar-refractivity contribution in [3.8, 4) is 5.75 Å². The van der Waals surface area contributed by atoms with Crippen LogP contribution in [0, 0.1) is 0 Å². The van der Waals surface area contributed by atoms with Crippen molar-refractivity contribution in [2.75, 3.05) is 26.7 Å². The van der Waals surface area contributed by atoms with Gasteiger partial charge in [-0.05, 0) is 12.1 Å². The van der Waals surface area contributed by atoms with Crippen molar-refractivity contribution < 1.29 is 14.3 Å². The molecule has 0 atom stereocenters. The smallest absolute Gasteiger partial charge is 0.261 e. The number of hydrogen-bond acceptors (Lipinski definition) is 3. The van der Waals surface area contributed by atoms with Crippen LogP contribution in [0.1, 0.15) is 10.4 Å². The van der Waals surface area contributed by atoms with Gasteiger partial charge in [0.15, 0.2) is 6.61 Å². The van der Waals surface area contributed by atoms with Crippen LogP contribution in [-0.4, -0.2) is 43.5 Å². The average molecular weight is 288 g/mol. The molecule has 0 spiro atoms. The Labute approximate surface area is 124 Å². The van der Waals surface area contributed by atoms with Crippen LogP contribution in [-0.2, 0) is 4.79 Å². The second kappa shape index (κ2) is 8.58. The number of benzene rings is 1. The molecule has 0 bridgehead atoms. The number of nitrogens with one attached hydrogen (secondary N) is 1. The van der Waals surface area contributed by atoms with Gasteiger partial charge in [-0.3, -0.25) is 9.59 Å². The summed E-state index contributed by atoms with van der Waals surface area (Å²) in [6.07, 6.45) is 3.28. The van der Waals surface area contributed by atoms with E-state index in [0.717, 1.165) is 0 Å². The van der Waals surface area contributed by atoms with E-state index in [2.05, 4.69) is 18.5 Å². The summed E-state index contributed by atoms with van der Waals surface area (Å²) in [4.78, 5) is 25.3. The molecule has 0 aromatic heterocycles. The molecule has 0 aliphatic carbocycles. The number of carbonyl (C=O) groups is 2. The fourth-order valence-corrected chi connectivity index (χ4v) is 1.74. The third-order valence-corrected chi connectivity index (χ3v) is 2.76. The van der Waals surface area contributed by atoms with E-state index in [1.54, 1.807) is 48.4 Å². The zero-order chi connectivity index (χ0) is 15.7. The molecule has 0 radical (unpaired) electrons. The third kappa shape index (κ3) is 4.80. The van der Waals surface area contributed by atoms with E-state index in [-0.39, 0.29) is 18.4 Å². The summed E-state index contributed by atoms with van der Waals surface area (Å²) in [5.41, 5.74) is 0.395. The highest BCUT2D eigenvalue weighted by atomic mass is 16.5. The lowest BCUT2D eigenvalue weighted by Crippen LogP contribution is -2.35. The molecule has 21 heavy (non-hydrogen) atoms. The summed E-state index contributed by atoms with van der Waals surface area (Å²) in [6.45, 7) is 7.92. The van der Waals surface area contributed by atoms with Crippen LogP contribution < -0.4 is 10.1 Å². The van der Waals surface area contributed by atoms with Crippen molar-refractivity contribution >= 4 is 11.8 Å². The fourth-order valence-electron chi connectivity index (χ4n) is 1.74. The van der Waals surface area contributed by atoms with E-state index >= 15 is 0 Å². The molecule has 1 N–H and O–H groups in total. The van der Waals surface area contributed by atoms with E-state index in [1.165, 1.54) is 0 Å². The SMILES string of the molecule is C=CCN(CC=C)C(=O)COc1ccccc1C(=O)NC. The van der Waals surface area contributed by atoms with Crippen LogP contribution in [0.5, 0.6) is 5.75 Å². The summed E-state index contributed by atoms with van der Waals surface area (Å²) in [7, 11) is 1.54. The Bertz CT molecular complexity index is 516. The molecule has 0 unspecified atom stereocenters. The van der Waals surface area contributed by atoms with Crippen LogP contribution in [0.25, 0.3) is 0 Å². The van der Waals surface area contributed by atoms with Crippen molar-refractivity contribution in [3.63, 3.8) is 0 Å². The zero-order valence-corrected chi connectivity index (χ0v) is 12.2. The monoisotopic (exact) mass is 288 g/mol. The Kier molecular flexibility index (Phi) is 6.74. The third-order valence-electron chi connectivity index (χ3n) is 2.76. The molecule has 2 amide bonds. The summed E-state index contributed by atoms with van der Waals surface area (Å²) in [5, 5.41) is 2.53. The first-order valence-corrected chi connectivity index (χ1v) is 6.57. The maximum Gasteiger partial charge on any atom is 0.261 e. The van der Waals surface area contributed by atoms with Gasteiger partial charge < -0.3 is 15.0 Å². The minimum Gasteiger partial charge on any atom is -0.483 e. The molecule has 0 aliphatic rings. The van der Waals surface area contributed by atoms with Crippen molar-refractivity contribution in [2.24, 2.45) is 0 Å². The van der Waals surface area contributed by atoms with E-state index in [4.69, 9.17) is 4.74 Å². The molecule has 0 saturated carbocycles. The van der Waals surface area contributed by atoms with Crippen LogP contribution in [0.2, 0.25) is 0 Å². The highest BCUT2D eigenvalue weighted by Gasteiger charge is 2.14. The maximum atomic E-state index is 12.1. The van der Waals surface area contributed by atoms with Crippen molar-refractivity contribution in [1.82, 2.24) is 10.2 Å². The molecule has 0 heterocycles. The topological polar surface area (TPSA) is 58.6 Å². The maximum absolute atomic E-state index is 12.1. The van der Waals surface area contributed by atoms with Gasteiger partial charge >= 0.3 is 0 Å². The second-order valence-corrected chi connectivity index (χ2v) is 4.24. The van der Waals surface area contributed by atoms with E-state index < -0.39 is 0 Å². The molecular formula is C16H20N2O3. The minimum absolute atomic E-state index is 0.143. The van der Waals surface area contributed by atoms with Crippen molar-refractivity contribution in [1.29, 1.82) is 0 Å². The van der Waals surface area contributed by atoms with Crippen LogP contribution >= 0.6 is 0 Å². The van der Waals surface area contributed by atoms with Gasteiger partial charge in [0, 0.05) is 20.1 Å². The number of carbonyl (C=O) groups excluding carboxylic acids is 2. The fraction of sp³-hybridized carbons (Fsp3) is 0.250. The molecule has 5 heteroatoms. The molecular weight excluding hydrogens is 268 g/mol. The molecule has 5 nitrogen and oxygen atoms in total. The number of para-hydroxylation sites is 1. The predicted octanol–water partition coefficient (Wildman–Crippen LogP) is 1.63. The first-order chi connectivity index (χ1) is 10.1. The van der Waals surface area contributed by atoms with Gasteiger partial charge in [0.2, 0.25) is 0 Å². The molecule has 0 saturated heterocycles. The van der Waals surface area contributed by atoms with Gasteiger partial charge in [-0.1, -0.05) is 24.3 Å². The lowest BCUT2D eigenvalue weighted by molar-refractivity contribution is -0.132. The molecule has 1 rings (SSSR count). The van der Waals surface area contributed by atoms with Gasteiger partial charge in [-0.2, -0.15) is 0 Å². The van der Waals surface area contributed by atoms with Gasteiger partial charge in [-0.15, -0.1) is 13.2 Å². The largest absolute Gasteiger partial charge is 0.483 e. The highest BCUT2D eigenvalue weighted by Crippen LogP contribution is 2.17. The summed E-state index contributed by atoms with van der Waals surface area (Å²) in [6, 6.07) is 6.78. The van der Waals surface area contributed by atoms with E-state index in [1.807, 2.05) is 0 Å². The highest BCUT2D eigenvalue weighted by molar-refractivity contribution is 5.96. The molecule has 112 valence electrons. The Morgan fingerprint density at radius 2 is 1.86 bits per heavy atom. The molecule has 1 aromatic rings. The van der Waals surface area contributed by atoms with Gasteiger partial charge in [-0.25, -0.2) is 0 Å². The minimum atomic E-state index is -0.257. The van der Waals surface area contributed by atoms with Crippen LogP contribution in [0.3, 0.4) is 0 Å². The lowest BCUT2D eigenvalue weighted by Gasteiger charge is -2.19. The van der Waals surface area contributed by atoms with Crippen molar-refractivity contribution in [2.45, 2.75) is 0 Å². The molecule has 0 fully saturated rings. The van der Waals surface area contributed by atoms with Gasteiger partial charge in [0.05, 0.1) is 5.56 Å². The van der Waals surface area contributed by atoms with Crippen LogP contribution in [0.4, 0.5) is 0 Å². The zero-order valence-electron chi connectivity index (χ0n) is 12.2. The molecule has 1 aromatic carbocycles. The number of ether oxygens (including phenoxy) is 1. The van der Waals surface area contributed by atoms with Crippen LogP contribution in [0.15, 0.2) is 49.6 Å². The lowest BCUT2D eigenvalue weighted by atomic mass is 10.2. The number of rotatable bonds is 8. The number of nitrogens with zero attached hydrogens (tertiary/aromatic N) is 1. The van der Waals surface area contributed by atoms with E-state index in [0.29, 0.717) is 24.4 Å². The second-order valence-electron chi connectivity index (χ2n) is 4.24. The quantitative estimate of drug-likeness (QED) is 0.740. The summed E-state index contributed by atoms with van der Waals surface area (Å²) >= 11 is 0. The Morgan fingerprint density at radius 3 is 2.43 bits per heavy atom. The Hall–Kier alpha value is -2.56. The van der Waals surface area contributed by atoms with Gasteiger partial charge in [0.25, 0.3) is 11.8 Å². The Morgan fingerprint density at radius 1 is 1.24 bits per heavy atom. The standard InChI is InChI=1S/C16H20N2O3/c1-4-10-18(11-5-2)15(19)12-21-14-9-7-6-8-13(14)16(20)17-3/h4-9H,1-2,10-12H2,3H3,(H,17,20). The number of amides is 2.